The highest BCUT2D eigenvalue weighted by Gasteiger charge is 2.52. The summed E-state index contributed by atoms with van der Waals surface area (Å²) in [6.45, 7) is 1.42. The lowest BCUT2D eigenvalue weighted by molar-refractivity contribution is -0.145. The number of fused-ring (bicyclic) bond motifs is 1. The van der Waals surface area contributed by atoms with Gasteiger partial charge in [-0.2, -0.15) is 5.26 Å². The number of esters is 1. The van der Waals surface area contributed by atoms with Gasteiger partial charge >= 0.3 is 5.97 Å². The van der Waals surface area contributed by atoms with Gasteiger partial charge in [-0.1, -0.05) is 6.07 Å². The number of ether oxygens (including phenoxy) is 4. The van der Waals surface area contributed by atoms with Crippen molar-refractivity contribution < 1.29 is 23.7 Å². The summed E-state index contributed by atoms with van der Waals surface area (Å²) in [6, 6.07) is 8.52. The summed E-state index contributed by atoms with van der Waals surface area (Å²) in [5.41, 5.74) is 0.461. The minimum absolute atomic E-state index is 0.0185. The number of nitriles is 1. The molecule has 1 aromatic rings. The van der Waals surface area contributed by atoms with Crippen molar-refractivity contribution in [3.05, 3.63) is 23.8 Å². The molecule has 1 heterocycles. The predicted molar refractivity (Wildman–Crippen MR) is 106 cm³/mol. The van der Waals surface area contributed by atoms with Crippen LogP contribution in [0.1, 0.15) is 44.1 Å². The molecule has 0 radical (unpaired) electrons. The molecule has 0 amide bonds. The van der Waals surface area contributed by atoms with Gasteiger partial charge in [-0.15, -0.1) is 0 Å². The van der Waals surface area contributed by atoms with Crippen molar-refractivity contribution in [2.45, 2.75) is 50.0 Å². The molecule has 1 aromatic carbocycles. The summed E-state index contributed by atoms with van der Waals surface area (Å²) in [5.74, 6) is 2.04. The molecule has 3 fully saturated rings. The van der Waals surface area contributed by atoms with E-state index in [1.165, 1.54) is 7.11 Å². The maximum absolute atomic E-state index is 11.9. The van der Waals surface area contributed by atoms with Crippen LogP contribution in [0.5, 0.6) is 11.5 Å². The predicted octanol–water partition coefficient (Wildman–Crippen LogP) is 3.62. The third kappa shape index (κ3) is 3.81. The molecule has 2 unspecified atom stereocenters. The Morgan fingerprint density at radius 2 is 1.83 bits per heavy atom. The lowest BCUT2D eigenvalue weighted by Crippen LogP contribution is -2.27. The van der Waals surface area contributed by atoms with Gasteiger partial charge in [0.15, 0.2) is 11.5 Å². The van der Waals surface area contributed by atoms with E-state index in [0.29, 0.717) is 36.5 Å². The summed E-state index contributed by atoms with van der Waals surface area (Å²) in [6.07, 6.45) is 5.03. The van der Waals surface area contributed by atoms with Crippen LogP contribution in [0.25, 0.3) is 0 Å². The van der Waals surface area contributed by atoms with E-state index >= 15 is 0 Å². The summed E-state index contributed by atoms with van der Waals surface area (Å²) >= 11 is 0. The van der Waals surface area contributed by atoms with Crippen molar-refractivity contribution in [2.24, 2.45) is 17.8 Å². The summed E-state index contributed by atoms with van der Waals surface area (Å²) < 4.78 is 22.1. The zero-order valence-corrected chi connectivity index (χ0v) is 17.2. The third-order valence-electron chi connectivity index (χ3n) is 6.99. The number of carbonyl (C=O) groups excluding carboxylic acids is 1. The molecule has 1 saturated heterocycles. The van der Waals surface area contributed by atoms with Gasteiger partial charge < -0.3 is 18.9 Å². The second-order valence-electron chi connectivity index (χ2n) is 8.61. The first-order valence-electron chi connectivity index (χ1n) is 10.5. The van der Waals surface area contributed by atoms with Gasteiger partial charge in [0, 0.05) is 12.8 Å². The van der Waals surface area contributed by atoms with Crippen LogP contribution in [-0.2, 0) is 19.7 Å². The molecule has 4 rings (SSSR count). The second kappa shape index (κ2) is 8.23. The number of benzene rings is 1. The average molecular weight is 399 g/mol. The van der Waals surface area contributed by atoms with Crippen molar-refractivity contribution in [1.82, 2.24) is 0 Å². The molecule has 2 aliphatic carbocycles. The van der Waals surface area contributed by atoms with Crippen molar-refractivity contribution >= 4 is 5.97 Å². The highest BCUT2D eigenvalue weighted by molar-refractivity contribution is 5.72. The Bertz CT molecular complexity index is 781. The normalized spacial score (nSPS) is 31.7. The van der Waals surface area contributed by atoms with Crippen LogP contribution in [0.2, 0.25) is 0 Å². The molecule has 0 bridgehead atoms. The molecular formula is C23H29NO5. The van der Waals surface area contributed by atoms with Gasteiger partial charge in [0.2, 0.25) is 0 Å². The first-order chi connectivity index (χ1) is 14.1. The number of hydrogen-bond donors (Lipinski definition) is 0. The molecule has 0 spiro atoms. The highest BCUT2D eigenvalue weighted by atomic mass is 16.5. The van der Waals surface area contributed by atoms with Gasteiger partial charge in [-0.25, -0.2) is 0 Å². The van der Waals surface area contributed by atoms with Gasteiger partial charge in [0.25, 0.3) is 0 Å². The van der Waals surface area contributed by atoms with E-state index in [9.17, 15) is 10.1 Å². The number of hydrogen-bond acceptors (Lipinski definition) is 6. The summed E-state index contributed by atoms with van der Waals surface area (Å²) in [5, 5.41) is 10.2. The third-order valence-corrected chi connectivity index (χ3v) is 6.99. The molecule has 0 aromatic heterocycles. The summed E-state index contributed by atoms with van der Waals surface area (Å²) in [7, 11) is 3.09. The minimum Gasteiger partial charge on any atom is -0.493 e. The molecule has 0 N–H and O–H groups in total. The van der Waals surface area contributed by atoms with E-state index in [1.54, 1.807) is 7.11 Å². The Hall–Kier alpha value is -2.26. The molecule has 29 heavy (non-hydrogen) atoms. The Morgan fingerprint density at radius 1 is 1.14 bits per heavy atom. The molecule has 4 atom stereocenters. The number of rotatable bonds is 5. The fourth-order valence-electron chi connectivity index (χ4n) is 5.48. The van der Waals surface area contributed by atoms with Gasteiger partial charge in [0.1, 0.15) is 6.10 Å². The molecule has 2 saturated carbocycles. The van der Waals surface area contributed by atoms with E-state index in [2.05, 4.69) is 6.07 Å². The van der Waals surface area contributed by atoms with Crippen molar-refractivity contribution in [1.29, 1.82) is 5.26 Å². The van der Waals surface area contributed by atoms with E-state index in [4.69, 9.17) is 18.9 Å². The topological polar surface area (TPSA) is 77.8 Å². The maximum atomic E-state index is 11.9. The standard InChI is InChI=1S/C23H29NO5/c1-26-20-4-3-18(11-21(20)29-19-5-7-28-8-6-19)23(14-24)12-16-9-15(22(25)27-2)10-17(16)13-23/h3-4,11,15-17,19H,5-10,12-13H2,1-2H3/t15?,16-,17+,23?. The van der Waals surface area contributed by atoms with Crippen LogP contribution in [0.15, 0.2) is 18.2 Å². The largest absolute Gasteiger partial charge is 0.493 e. The zero-order valence-electron chi connectivity index (χ0n) is 17.2. The quantitative estimate of drug-likeness (QED) is 0.704. The van der Waals surface area contributed by atoms with Crippen molar-refractivity contribution in [3.8, 4) is 17.6 Å². The van der Waals surface area contributed by atoms with E-state index in [1.807, 2.05) is 18.2 Å². The van der Waals surface area contributed by atoms with Crippen molar-refractivity contribution in [3.63, 3.8) is 0 Å². The number of methoxy groups -OCH3 is 2. The fourth-order valence-corrected chi connectivity index (χ4v) is 5.48. The van der Waals surface area contributed by atoms with Crippen LogP contribution in [0.4, 0.5) is 0 Å². The van der Waals surface area contributed by atoms with Crippen LogP contribution >= 0.6 is 0 Å². The lowest BCUT2D eigenvalue weighted by atomic mass is 9.77. The van der Waals surface area contributed by atoms with E-state index in [0.717, 1.165) is 44.1 Å². The van der Waals surface area contributed by atoms with Crippen LogP contribution in [0.3, 0.4) is 0 Å². The van der Waals surface area contributed by atoms with Gasteiger partial charge in [-0.05, 0) is 55.2 Å². The highest BCUT2D eigenvalue weighted by Crippen LogP contribution is 2.56. The van der Waals surface area contributed by atoms with Crippen molar-refractivity contribution in [2.75, 3.05) is 27.4 Å². The molecule has 6 nitrogen and oxygen atoms in total. The number of nitrogens with zero attached hydrogens (tertiary/aromatic N) is 1. The minimum atomic E-state index is -0.531. The van der Waals surface area contributed by atoms with E-state index in [-0.39, 0.29) is 18.0 Å². The van der Waals surface area contributed by atoms with Crippen LogP contribution in [-0.4, -0.2) is 39.5 Å². The van der Waals surface area contributed by atoms with Crippen LogP contribution < -0.4 is 9.47 Å². The van der Waals surface area contributed by atoms with Crippen LogP contribution in [0, 0.1) is 29.1 Å². The van der Waals surface area contributed by atoms with Gasteiger partial charge in [-0.3, -0.25) is 4.79 Å². The second-order valence-corrected chi connectivity index (χ2v) is 8.61. The average Bonchev–Trinajstić information content (AvgIpc) is 3.31. The molecular weight excluding hydrogens is 370 g/mol. The first-order valence-corrected chi connectivity index (χ1v) is 10.5. The van der Waals surface area contributed by atoms with E-state index < -0.39 is 5.41 Å². The lowest BCUT2D eigenvalue weighted by Gasteiger charge is -2.27. The SMILES string of the molecule is COC(=O)C1C[C@@H]2CC(C#N)(c3ccc(OC)c(OC4CCOCC4)c3)C[C@@H]2C1. The fraction of sp³-hybridized carbons (Fsp3) is 0.652. The Morgan fingerprint density at radius 3 is 2.41 bits per heavy atom. The first kappa shape index (κ1) is 20.0. The zero-order chi connectivity index (χ0) is 20.4. The molecule has 6 heteroatoms. The molecule has 156 valence electrons. The molecule has 1 aliphatic heterocycles. The van der Waals surface area contributed by atoms with Gasteiger partial charge in [0.05, 0.1) is 44.8 Å². The Labute approximate surface area is 172 Å². The Kier molecular flexibility index (Phi) is 5.69. The Balaban J connectivity index is 1.55. The smallest absolute Gasteiger partial charge is 0.308 e. The maximum Gasteiger partial charge on any atom is 0.308 e. The molecule has 3 aliphatic rings. The monoisotopic (exact) mass is 399 g/mol. The summed E-state index contributed by atoms with van der Waals surface area (Å²) in [4.78, 5) is 11.9. The number of carbonyl (C=O) groups is 1.